The maximum absolute atomic E-state index is 13.0. The van der Waals surface area contributed by atoms with E-state index in [0.29, 0.717) is 16.9 Å². The molecule has 0 radical (unpaired) electrons. The van der Waals surface area contributed by atoms with Crippen LogP contribution in [-0.2, 0) is 11.3 Å². The Morgan fingerprint density at radius 3 is 2.60 bits per heavy atom. The first-order valence-corrected chi connectivity index (χ1v) is 11.2. The number of carbonyl (C=O) groups is 1. The van der Waals surface area contributed by atoms with Crippen molar-refractivity contribution in [3.8, 4) is 0 Å². The van der Waals surface area contributed by atoms with Crippen molar-refractivity contribution in [2.75, 3.05) is 18.0 Å². The standard InChI is InChI=1S/C22H27N5O2S/c1-14(2)24-20(28)17-8-10-26(11-9-17)22-25-19-18(30-22)21(29)27(13-23-19)12-16-6-4-15(3)5-7-16/h4-7,13-14,17H,8-12H2,1-3H3,(H,24,28). The quantitative estimate of drug-likeness (QED) is 0.680. The van der Waals surface area contributed by atoms with Crippen molar-refractivity contribution >= 4 is 32.7 Å². The highest BCUT2D eigenvalue weighted by atomic mass is 32.1. The Hall–Kier alpha value is -2.74. The van der Waals surface area contributed by atoms with E-state index >= 15 is 0 Å². The molecule has 30 heavy (non-hydrogen) atoms. The first-order chi connectivity index (χ1) is 14.4. The minimum atomic E-state index is -0.0597. The maximum atomic E-state index is 13.0. The molecule has 1 aliphatic rings. The third-order valence-corrected chi connectivity index (χ3v) is 6.51. The van der Waals surface area contributed by atoms with Crippen LogP contribution in [0.4, 0.5) is 5.13 Å². The third kappa shape index (κ3) is 4.38. The molecule has 1 amide bonds. The molecule has 0 saturated carbocycles. The lowest BCUT2D eigenvalue weighted by molar-refractivity contribution is -0.126. The topological polar surface area (TPSA) is 80.1 Å². The number of rotatable bonds is 5. The number of hydrogen-bond acceptors (Lipinski definition) is 6. The summed E-state index contributed by atoms with van der Waals surface area (Å²) in [7, 11) is 0. The number of carbonyl (C=O) groups excluding carboxylic acids is 1. The largest absolute Gasteiger partial charge is 0.354 e. The molecule has 158 valence electrons. The fourth-order valence-electron chi connectivity index (χ4n) is 3.71. The van der Waals surface area contributed by atoms with E-state index in [1.54, 1.807) is 10.9 Å². The number of nitrogens with one attached hydrogen (secondary N) is 1. The van der Waals surface area contributed by atoms with Gasteiger partial charge in [0.25, 0.3) is 5.56 Å². The van der Waals surface area contributed by atoms with Crippen molar-refractivity contribution in [3.63, 3.8) is 0 Å². The van der Waals surface area contributed by atoms with Crippen molar-refractivity contribution in [1.82, 2.24) is 19.9 Å². The molecule has 0 spiro atoms. The molecule has 8 heteroatoms. The van der Waals surface area contributed by atoms with Crippen molar-refractivity contribution in [2.24, 2.45) is 5.92 Å². The summed E-state index contributed by atoms with van der Waals surface area (Å²) in [5.74, 6) is 0.178. The highest BCUT2D eigenvalue weighted by Crippen LogP contribution is 2.29. The Kier molecular flexibility index (Phi) is 5.85. The number of benzene rings is 1. The molecule has 1 saturated heterocycles. The Labute approximate surface area is 179 Å². The summed E-state index contributed by atoms with van der Waals surface area (Å²) >= 11 is 1.40. The normalized spacial score (nSPS) is 15.1. The molecule has 3 aromatic rings. The van der Waals surface area contributed by atoms with Crippen molar-refractivity contribution in [2.45, 2.75) is 46.2 Å². The van der Waals surface area contributed by atoms with Crippen molar-refractivity contribution < 1.29 is 4.79 Å². The lowest BCUT2D eigenvalue weighted by Gasteiger charge is -2.31. The number of anilines is 1. The predicted octanol–water partition coefficient (Wildman–Crippen LogP) is 2.95. The maximum Gasteiger partial charge on any atom is 0.273 e. The number of nitrogens with zero attached hydrogens (tertiary/aromatic N) is 4. The van der Waals surface area contributed by atoms with Gasteiger partial charge in [-0.25, -0.2) is 4.98 Å². The van der Waals surface area contributed by atoms with E-state index in [1.807, 2.05) is 45.0 Å². The zero-order chi connectivity index (χ0) is 21.3. The van der Waals surface area contributed by atoms with Gasteiger partial charge in [-0.1, -0.05) is 41.2 Å². The van der Waals surface area contributed by atoms with Crippen LogP contribution in [0, 0.1) is 12.8 Å². The first kappa shape index (κ1) is 20.5. The summed E-state index contributed by atoms with van der Waals surface area (Å²) in [6, 6.07) is 8.31. The fraction of sp³-hybridized carbons (Fsp3) is 0.455. The number of fused-ring (bicyclic) bond motifs is 1. The Balaban J connectivity index is 1.49. The molecule has 0 bridgehead atoms. The lowest BCUT2D eigenvalue weighted by atomic mass is 9.96. The van der Waals surface area contributed by atoms with Crippen LogP contribution in [-0.4, -0.2) is 39.6 Å². The minimum Gasteiger partial charge on any atom is -0.354 e. The monoisotopic (exact) mass is 425 g/mol. The van der Waals surface area contributed by atoms with Gasteiger partial charge in [-0.15, -0.1) is 0 Å². The van der Waals surface area contributed by atoms with E-state index in [0.717, 1.165) is 36.6 Å². The van der Waals surface area contributed by atoms with Gasteiger partial charge in [-0.05, 0) is 39.2 Å². The van der Waals surface area contributed by atoms with Crippen LogP contribution in [0.25, 0.3) is 10.3 Å². The molecule has 0 atom stereocenters. The van der Waals surface area contributed by atoms with Gasteiger partial charge in [0.1, 0.15) is 11.0 Å². The van der Waals surface area contributed by atoms with Crippen LogP contribution in [0.3, 0.4) is 0 Å². The number of piperidine rings is 1. The van der Waals surface area contributed by atoms with Crippen LogP contribution in [0.2, 0.25) is 0 Å². The van der Waals surface area contributed by atoms with Crippen LogP contribution < -0.4 is 15.8 Å². The van der Waals surface area contributed by atoms with Crippen LogP contribution in [0.5, 0.6) is 0 Å². The molecule has 0 aliphatic carbocycles. The fourth-order valence-corrected chi connectivity index (χ4v) is 4.73. The van der Waals surface area contributed by atoms with Gasteiger partial charge in [-0.3, -0.25) is 14.2 Å². The van der Waals surface area contributed by atoms with Gasteiger partial charge in [0.15, 0.2) is 10.8 Å². The van der Waals surface area contributed by atoms with E-state index in [1.165, 1.54) is 16.9 Å². The molecule has 1 aromatic carbocycles. The zero-order valence-corrected chi connectivity index (χ0v) is 18.4. The molecule has 3 heterocycles. The van der Waals surface area contributed by atoms with E-state index in [4.69, 9.17) is 0 Å². The summed E-state index contributed by atoms with van der Waals surface area (Å²) in [5, 5.41) is 3.81. The van der Waals surface area contributed by atoms with E-state index < -0.39 is 0 Å². The molecule has 4 rings (SSSR count). The first-order valence-electron chi connectivity index (χ1n) is 10.4. The van der Waals surface area contributed by atoms with E-state index in [2.05, 4.69) is 20.2 Å². The van der Waals surface area contributed by atoms with Gasteiger partial charge >= 0.3 is 0 Å². The Bertz CT molecular complexity index is 1090. The number of thiazole rings is 1. The van der Waals surface area contributed by atoms with E-state index in [9.17, 15) is 9.59 Å². The van der Waals surface area contributed by atoms with Gasteiger partial charge < -0.3 is 10.2 Å². The van der Waals surface area contributed by atoms with Crippen LogP contribution in [0.15, 0.2) is 35.4 Å². The molecule has 7 nitrogen and oxygen atoms in total. The number of amides is 1. The number of aryl methyl sites for hydroxylation is 1. The summed E-state index contributed by atoms with van der Waals surface area (Å²) in [5.41, 5.74) is 2.70. The summed E-state index contributed by atoms with van der Waals surface area (Å²) in [6.45, 7) is 8.01. The summed E-state index contributed by atoms with van der Waals surface area (Å²) < 4.78 is 2.22. The van der Waals surface area contributed by atoms with Gasteiger partial charge in [0.05, 0.1) is 6.54 Å². The average molecular weight is 426 g/mol. The molecule has 1 fully saturated rings. The van der Waals surface area contributed by atoms with Crippen LogP contribution in [0.1, 0.15) is 37.8 Å². The zero-order valence-electron chi connectivity index (χ0n) is 17.6. The SMILES string of the molecule is Cc1ccc(Cn2cnc3nc(N4CCC(C(=O)NC(C)C)CC4)sc3c2=O)cc1. The molecule has 0 unspecified atom stereocenters. The molecule has 1 N–H and O–H groups in total. The summed E-state index contributed by atoms with van der Waals surface area (Å²) in [6.07, 6.45) is 3.16. The average Bonchev–Trinajstić information content (AvgIpc) is 3.16. The Morgan fingerprint density at radius 1 is 1.23 bits per heavy atom. The van der Waals surface area contributed by atoms with Gasteiger partial charge in [-0.2, -0.15) is 4.98 Å². The summed E-state index contributed by atoms with van der Waals surface area (Å²) in [4.78, 5) is 36.4. The second-order valence-electron chi connectivity index (χ2n) is 8.24. The van der Waals surface area contributed by atoms with Crippen LogP contribution >= 0.6 is 11.3 Å². The minimum absolute atomic E-state index is 0.0443. The highest BCUT2D eigenvalue weighted by Gasteiger charge is 2.27. The number of aromatic nitrogens is 3. The molecular weight excluding hydrogens is 398 g/mol. The predicted molar refractivity (Wildman–Crippen MR) is 120 cm³/mol. The van der Waals surface area contributed by atoms with E-state index in [-0.39, 0.29) is 23.4 Å². The van der Waals surface area contributed by atoms with Crippen molar-refractivity contribution in [3.05, 3.63) is 52.1 Å². The second-order valence-corrected chi connectivity index (χ2v) is 9.21. The third-order valence-electron chi connectivity index (χ3n) is 5.41. The molecular formula is C22H27N5O2S. The lowest BCUT2D eigenvalue weighted by Crippen LogP contribution is -2.42. The number of hydrogen-bond donors (Lipinski definition) is 1. The highest BCUT2D eigenvalue weighted by molar-refractivity contribution is 7.22. The second kappa shape index (κ2) is 8.55. The van der Waals surface area contributed by atoms with Gasteiger partial charge in [0.2, 0.25) is 5.91 Å². The molecule has 1 aliphatic heterocycles. The Morgan fingerprint density at radius 2 is 1.93 bits per heavy atom. The molecule has 2 aromatic heterocycles. The van der Waals surface area contributed by atoms with Crippen molar-refractivity contribution in [1.29, 1.82) is 0 Å². The van der Waals surface area contributed by atoms with Gasteiger partial charge in [0, 0.05) is 25.0 Å². The smallest absolute Gasteiger partial charge is 0.273 e.